The second kappa shape index (κ2) is 7.39. The summed E-state index contributed by atoms with van der Waals surface area (Å²) in [5.41, 5.74) is 0. The molecule has 0 atom stereocenters. The smallest absolute Gasteiger partial charge is 0.149 e. The third-order valence-electron chi connectivity index (χ3n) is 5.09. The second-order valence-electron chi connectivity index (χ2n) is 6.38. The average Bonchev–Trinajstić information content (AvgIpc) is 2.48. The molecule has 3 nitrogen and oxygen atoms in total. The Labute approximate surface area is 118 Å². The zero-order valence-electron chi connectivity index (χ0n) is 12.7. The lowest BCUT2D eigenvalue weighted by Gasteiger charge is -2.36. The van der Waals surface area contributed by atoms with E-state index in [1.54, 1.807) is 0 Å². The minimum atomic E-state index is 0.368. The monoisotopic (exact) mass is 266 g/mol. The molecular formula is C16H30N2O. The summed E-state index contributed by atoms with van der Waals surface area (Å²) >= 11 is 0. The maximum absolute atomic E-state index is 12.3. The molecule has 0 unspecified atom stereocenters. The van der Waals surface area contributed by atoms with Gasteiger partial charge in [-0.1, -0.05) is 26.2 Å². The molecule has 1 saturated heterocycles. The molecule has 3 heteroatoms. The predicted octanol–water partition coefficient (Wildman–Crippen LogP) is 2.55. The van der Waals surface area contributed by atoms with Crippen LogP contribution in [0, 0.1) is 5.92 Å². The van der Waals surface area contributed by atoms with Gasteiger partial charge >= 0.3 is 0 Å². The van der Waals surface area contributed by atoms with Gasteiger partial charge in [-0.25, -0.2) is 0 Å². The van der Waals surface area contributed by atoms with E-state index >= 15 is 0 Å². The van der Waals surface area contributed by atoms with Crippen LogP contribution in [0.15, 0.2) is 0 Å². The Hall–Kier alpha value is -0.410. The normalized spacial score (nSPS) is 23.9. The highest BCUT2D eigenvalue weighted by molar-refractivity contribution is 5.83. The number of hydrogen-bond donors (Lipinski definition) is 0. The summed E-state index contributed by atoms with van der Waals surface area (Å²) in [7, 11) is 2.15. The number of likely N-dealkylation sites (N-methyl/N-ethyl adjacent to an activating group) is 1. The molecule has 0 spiro atoms. The van der Waals surface area contributed by atoms with Gasteiger partial charge in [-0.15, -0.1) is 0 Å². The van der Waals surface area contributed by atoms with Crippen LogP contribution in [0.25, 0.3) is 0 Å². The fourth-order valence-corrected chi connectivity index (χ4v) is 3.60. The molecule has 2 aliphatic rings. The van der Waals surface area contributed by atoms with Gasteiger partial charge in [0.25, 0.3) is 0 Å². The summed E-state index contributed by atoms with van der Waals surface area (Å²) < 4.78 is 0. The molecule has 0 bridgehead atoms. The Morgan fingerprint density at radius 2 is 1.74 bits per heavy atom. The van der Waals surface area contributed by atoms with Crippen molar-refractivity contribution in [1.29, 1.82) is 0 Å². The van der Waals surface area contributed by atoms with Crippen LogP contribution < -0.4 is 0 Å². The van der Waals surface area contributed by atoms with Crippen LogP contribution in [0.3, 0.4) is 0 Å². The van der Waals surface area contributed by atoms with Crippen LogP contribution >= 0.6 is 0 Å². The van der Waals surface area contributed by atoms with Gasteiger partial charge in [0.2, 0.25) is 0 Å². The summed E-state index contributed by atoms with van der Waals surface area (Å²) in [6, 6.07) is 0.621. The largest absolute Gasteiger partial charge is 0.303 e. The Morgan fingerprint density at radius 1 is 1.11 bits per heavy atom. The number of likely N-dealkylation sites (tertiary alicyclic amines) is 1. The zero-order valence-corrected chi connectivity index (χ0v) is 12.7. The number of nitrogens with zero attached hydrogens (tertiary/aromatic N) is 2. The first kappa shape index (κ1) is 15.0. The van der Waals surface area contributed by atoms with Gasteiger partial charge in [0.05, 0.1) is 6.54 Å². The number of rotatable bonds is 5. The van der Waals surface area contributed by atoms with Gasteiger partial charge in [0.1, 0.15) is 5.78 Å². The molecule has 1 saturated carbocycles. The molecule has 0 amide bonds. The van der Waals surface area contributed by atoms with Crippen LogP contribution in [-0.4, -0.2) is 54.9 Å². The Kier molecular flexibility index (Phi) is 5.83. The van der Waals surface area contributed by atoms with Crippen molar-refractivity contribution in [2.75, 3.05) is 33.2 Å². The number of piperidine rings is 1. The molecule has 1 aliphatic heterocycles. The van der Waals surface area contributed by atoms with Crippen molar-refractivity contribution < 1.29 is 4.79 Å². The van der Waals surface area contributed by atoms with Crippen molar-refractivity contribution >= 4 is 5.78 Å². The summed E-state index contributed by atoms with van der Waals surface area (Å²) in [5.74, 6) is 0.868. The molecule has 1 heterocycles. The maximum Gasteiger partial charge on any atom is 0.149 e. The molecule has 0 aromatic rings. The van der Waals surface area contributed by atoms with Gasteiger partial charge in [-0.3, -0.25) is 9.69 Å². The molecule has 0 aromatic carbocycles. The topological polar surface area (TPSA) is 23.6 Å². The third-order valence-corrected chi connectivity index (χ3v) is 5.09. The Morgan fingerprint density at radius 3 is 2.32 bits per heavy atom. The van der Waals surface area contributed by atoms with E-state index < -0.39 is 0 Å². The van der Waals surface area contributed by atoms with Crippen molar-refractivity contribution in [3.63, 3.8) is 0 Å². The van der Waals surface area contributed by atoms with E-state index in [1.807, 2.05) is 0 Å². The molecule has 19 heavy (non-hydrogen) atoms. The van der Waals surface area contributed by atoms with E-state index in [1.165, 1.54) is 45.2 Å². The van der Waals surface area contributed by atoms with Crippen LogP contribution in [0.2, 0.25) is 0 Å². The maximum atomic E-state index is 12.3. The first-order valence-electron chi connectivity index (χ1n) is 8.16. The van der Waals surface area contributed by atoms with Crippen LogP contribution in [0.4, 0.5) is 0 Å². The summed E-state index contributed by atoms with van der Waals surface area (Å²) in [6.45, 7) is 6.47. The van der Waals surface area contributed by atoms with Crippen LogP contribution in [0.1, 0.15) is 51.9 Å². The van der Waals surface area contributed by atoms with Gasteiger partial charge < -0.3 is 4.90 Å². The molecular weight excluding hydrogens is 236 g/mol. The standard InChI is InChI=1S/C16H30N2O/c1-3-18-11-9-15(10-12-18)17(2)13-16(19)14-7-5-4-6-8-14/h14-15H,3-13H2,1-2H3. The Bertz CT molecular complexity index is 278. The number of hydrogen-bond acceptors (Lipinski definition) is 3. The van der Waals surface area contributed by atoms with E-state index in [9.17, 15) is 4.79 Å². The van der Waals surface area contributed by atoms with Gasteiger partial charge in [-0.05, 0) is 52.4 Å². The molecule has 0 aromatic heterocycles. The lowest BCUT2D eigenvalue weighted by Crippen LogP contribution is -2.45. The molecule has 0 radical (unpaired) electrons. The molecule has 1 aliphatic carbocycles. The van der Waals surface area contributed by atoms with Gasteiger partial charge in [0.15, 0.2) is 0 Å². The zero-order chi connectivity index (χ0) is 13.7. The average molecular weight is 266 g/mol. The molecule has 0 N–H and O–H groups in total. The number of Topliss-reactive ketones (excluding diaryl/α,β-unsaturated/α-hetero) is 1. The fourth-order valence-electron chi connectivity index (χ4n) is 3.60. The van der Waals surface area contributed by atoms with Gasteiger partial charge in [0, 0.05) is 12.0 Å². The third kappa shape index (κ3) is 4.28. The Balaban J connectivity index is 1.74. The van der Waals surface area contributed by atoms with Crippen molar-refractivity contribution in [2.45, 2.75) is 57.9 Å². The number of carbonyl (C=O) groups excluding carboxylic acids is 1. The molecule has 2 rings (SSSR count). The van der Waals surface area contributed by atoms with E-state index in [-0.39, 0.29) is 0 Å². The van der Waals surface area contributed by atoms with Crippen molar-refractivity contribution in [3.8, 4) is 0 Å². The van der Waals surface area contributed by atoms with Crippen LogP contribution in [-0.2, 0) is 4.79 Å². The van der Waals surface area contributed by atoms with Crippen LogP contribution in [0.5, 0.6) is 0 Å². The summed E-state index contributed by atoms with van der Waals surface area (Å²) in [5, 5.41) is 0. The number of ketones is 1. The van der Waals surface area contributed by atoms with E-state index in [4.69, 9.17) is 0 Å². The minimum Gasteiger partial charge on any atom is -0.303 e. The number of carbonyl (C=O) groups is 1. The SMILES string of the molecule is CCN1CCC(N(C)CC(=O)C2CCCCC2)CC1. The highest BCUT2D eigenvalue weighted by atomic mass is 16.1. The van der Waals surface area contributed by atoms with Crippen molar-refractivity contribution in [2.24, 2.45) is 5.92 Å². The first-order chi connectivity index (χ1) is 9.20. The van der Waals surface area contributed by atoms with E-state index in [0.717, 1.165) is 19.4 Å². The molecule has 2 fully saturated rings. The highest BCUT2D eigenvalue weighted by Gasteiger charge is 2.26. The quantitative estimate of drug-likeness (QED) is 0.764. The van der Waals surface area contributed by atoms with Crippen molar-refractivity contribution in [1.82, 2.24) is 9.80 Å². The highest BCUT2D eigenvalue weighted by Crippen LogP contribution is 2.25. The lowest BCUT2D eigenvalue weighted by molar-refractivity contribution is -0.125. The van der Waals surface area contributed by atoms with Gasteiger partial charge in [-0.2, -0.15) is 0 Å². The summed E-state index contributed by atoms with van der Waals surface area (Å²) in [4.78, 5) is 17.2. The summed E-state index contributed by atoms with van der Waals surface area (Å²) in [6.07, 6.45) is 8.57. The lowest BCUT2D eigenvalue weighted by atomic mass is 9.86. The molecule has 110 valence electrons. The minimum absolute atomic E-state index is 0.368. The fraction of sp³-hybridized carbons (Fsp3) is 0.938. The second-order valence-corrected chi connectivity index (χ2v) is 6.38. The van der Waals surface area contributed by atoms with E-state index in [2.05, 4.69) is 23.8 Å². The predicted molar refractivity (Wildman–Crippen MR) is 79.3 cm³/mol. The first-order valence-corrected chi connectivity index (χ1v) is 8.16. The van der Waals surface area contributed by atoms with Crippen molar-refractivity contribution in [3.05, 3.63) is 0 Å². The van der Waals surface area contributed by atoms with E-state index in [0.29, 0.717) is 24.3 Å².